The van der Waals surface area contributed by atoms with Gasteiger partial charge >= 0.3 is 0 Å². The maximum atomic E-state index is 8.58. The molecule has 2 heteroatoms. The first-order valence-electron chi connectivity index (χ1n) is 7.23. The topological polar surface area (TPSA) is 20.2 Å². The van der Waals surface area contributed by atoms with Crippen LogP contribution >= 0.6 is 11.6 Å². The largest absolute Gasteiger partial charge is 0.396 e. The molecule has 0 aromatic carbocycles. The second-order valence-electron chi connectivity index (χ2n) is 4.64. The molecular weight excluding hydrogens is 232 g/mol. The minimum atomic E-state index is 0.278. The Morgan fingerprint density at radius 2 is 1.12 bits per heavy atom. The average Bonchev–Trinajstić information content (AvgIpc) is 2.35. The number of allylic oxidation sites excluding steroid dienone is 1. The van der Waals surface area contributed by atoms with Crippen LogP contribution < -0.4 is 0 Å². The van der Waals surface area contributed by atoms with E-state index in [1.165, 1.54) is 64.2 Å². The molecule has 0 unspecified atom stereocenters. The van der Waals surface area contributed by atoms with Gasteiger partial charge in [-0.1, -0.05) is 57.1 Å². The highest BCUT2D eigenvalue weighted by atomic mass is 35.5. The Labute approximate surface area is 112 Å². The van der Waals surface area contributed by atoms with Gasteiger partial charge in [-0.15, -0.1) is 11.6 Å². The van der Waals surface area contributed by atoms with Crippen molar-refractivity contribution in [2.75, 3.05) is 12.5 Å². The lowest BCUT2D eigenvalue weighted by Crippen LogP contribution is -1.82. The van der Waals surface area contributed by atoms with Crippen molar-refractivity contribution in [1.82, 2.24) is 0 Å². The summed E-state index contributed by atoms with van der Waals surface area (Å²) in [6, 6.07) is 0. The molecule has 0 bridgehead atoms. The van der Waals surface area contributed by atoms with Crippen molar-refractivity contribution >= 4 is 11.6 Å². The Balaban J connectivity index is 2.94. The Bertz CT molecular complexity index is 157. The Hall–Kier alpha value is -0.0100. The summed E-state index contributed by atoms with van der Waals surface area (Å²) >= 11 is 5.62. The van der Waals surface area contributed by atoms with Crippen LogP contribution in [0, 0.1) is 0 Å². The average molecular weight is 261 g/mol. The summed E-state index contributed by atoms with van der Waals surface area (Å²) < 4.78 is 0. The third kappa shape index (κ3) is 16.0. The van der Waals surface area contributed by atoms with E-state index in [4.69, 9.17) is 16.7 Å². The van der Waals surface area contributed by atoms with Gasteiger partial charge in [-0.3, -0.25) is 0 Å². The molecule has 0 amide bonds. The Morgan fingerprint density at radius 1 is 0.647 bits per heavy atom. The summed E-state index contributed by atoms with van der Waals surface area (Å²) in [5.74, 6) is 0.823. The van der Waals surface area contributed by atoms with Crippen molar-refractivity contribution in [3.63, 3.8) is 0 Å². The first-order valence-corrected chi connectivity index (χ1v) is 7.77. The molecule has 0 saturated carbocycles. The summed E-state index contributed by atoms with van der Waals surface area (Å²) in [6.07, 6.45) is 18.3. The van der Waals surface area contributed by atoms with Crippen LogP contribution in [0.4, 0.5) is 0 Å². The molecule has 102 valence electrons. The summed E-state index contributed by atoms with van der Waals surface area (Å²) in [5, 5.41) is 8.58. The quantitative estimate of drug-likeness (QED) is 0.279. The van der Waals surface area contributed by atoms with Crippen LogP contribution in [0.2, 0.25) is 0 Å². The van der Waals surface area contributed by atoms with Crippen LogP contribution in [0.5, 0.6) is 0 Å². The highest BCUT2D eigenvalue weighted by Crippen LogP contribution is 2.11. The molecule has 0 rings (SSSR count). The van der Waals surface area contributed by atoms with Gasteiger partial charge in [0.2, 0.25) is 0 Å². The third-order valence-corrected chi connectivity index (χ3v) is 3.23. The van der Waals surface area contributed by atoms with E-state index in [1.54, 1.807) is 0 Å². The van der Waals surface area contributed by atoms with Gasteiger partial charge in [-0.25, -0.2) is 0 Å². The number of unbranched alkanes of at least 4 members (excludes halogenated alkanes) is 9. The zero-order valence-electron chi connectivity index (χ0n) is 11.2. The maximum absolute atomic E-state index is 8.58. The minimum Gasteiger partial charge on any atom is -0.396 e. The monoisotopic (exact) mass is 260 g/mol. The van der Waals surface area contributed by atoms with Gasteiger partial charge in [0.15, 0.2) is 0 Å². The fourth-order valence-electron chi connectivity index (χ4n) is 1.90. The molecule has 0 aromatic rings. The van der Waals surface area contributed by atoms with Gasteiger partial charge in [0.05, 0.1) is 0 Å². The van der Waals surface area contributed by atoms with E-state index in [-0.39, 0.29) is 6.61 Å². The molecule has 0 radical (unpaired) electrons. The van der Waals surface area contributed by atoms with E-state index >= 15 is 0 Å². The highest BCUT2D eigenvalue weighted by Gasteiger charge is 1.91. The van der Waals surface area contributed by atoms with E-state index in [0.29, 0.717) is 0 Å². The van der Waals surface area contributed by atoms with Crippen LogP contribution in [-0.2, 0) is 0 Å². The number of alkyl halides is 1. The molecule has 0 fully saturated rings. The maximum Gasteiger partial charge on any atom is 0.0465 e. The van der Waals surface area contributed by atoms with Gasteiger partial charge in [0.25, 0.3) is 0 Å². The standard InChI is InChI=1S/C15H29ClO/c16-14-12-10-8-6-4-2-1-3-5-7-9-11-13-15-17/h9,11,17H,1-8,10,12-15H2/b11-9+. The fourth-order valence-corrected chi connectivity index (χ4v) is 2.09. The molecule has 0 saturated heterocycles. The van der Waals surface area contributed by atoms with Crippen molar-refractivity contribution in [2.45, 2.75) is 70.6 Å². The lowest BCUT2D eigenvalue weighted by Gasteiger charge is -2.00. The van der Waals surface area contributed by atoms with Gasteiger partial charge in [-0.2, -0.15) is 0 Å². The summed E-state index contributed by atoms with van der Waals surface area (Å²) in [6.45, 7) is 0.278. The summed E-state index contributed by atoms with van der Waals surface area (Å²) in [7, 11) is 0. The zero-order valence-corrected chi connectivity index (χ0v) is 11.9. The van der Waals surface area contributed by atoms with Gasteiger partial charge < -0.3 is 5.11 Å². The molecule has 1 N–H and O–H groups in total. The number of aliphatic hydroxyl groups is 1. The highest BCUT2D eigenvalue weighted by molar-refractivity contribution is 6.17. The second-order valence-corrected chi connectivity index (χ2v) is 5.02. The van der Waals surface area contributed by atoms with E-state index in [1.807, 2.05) is 0 Å². The van der Waals surface area contributed by atoms with E-state index in [9.17, 15) is 0 Å². The number of aliphatic hydroxyl groups excluding tert-OH is 1. The first kappa shape index (κ1) is 17.0. The molecule has 1 nitrogen and oxygen atoms in total. The van der Waals surface area contributed by atoms with Crippen LogP contribution in [-0.4, -0.2) is 17.6 Å². The molecule has 0 spiro atoms. The lowest BCUT2D eigenvalue weighted by molar-refractivity contribution is 0.302. The SMILES string of the molecule is OCC/C=C/CCCCCCCCCCCCl. The normalized spacial score (nSPS) is 11.4. The molecule has 17 heavy (non-hydrogen) atoms. The predicted molar refractivity (Wildman–Crippen MR) is 77.7 cm³/mol. The van der Waals surface area contributed by atoms with Gasteiger partial charge in [0.1, 0.15) is 0 Å². The van der Waals surface area contributed by atoms with Crippen LogP contribution in [0.1, 0.15) is 70.6 Å². The number of hydrogen-bond acceptors (Lipinski definition) is 1. The number of rotatable bonds is 13. The van der Waals surface area contributed by atoms with Crippen molar-refractivity contribution in [3.8, 4) is 0 Å². The Morgan fingerprint density at radius 3 is 1.65 bits per heavy atom. The van der Waals surface area contributed by atoms with Crippen molar-refractivity contribution < 1.29 is 5.11 Å². The molecule has 0 atom stereocenters. The molecule has 0 aromatic heterocycles. The molecule has 0 aliphatic carbocycles. The second kappa shape index (κ2) is 16.0. The van der Waals surface area contributed by atoms with Gasteiger partial charge in [-0.05, 0) is 25.7 Å². The van der Waals surface area contributed by atoms with E-state index in [2.05, 4.69) is 12.2 Å². The summed E-state index contributed by atoms with van der Waals surface area (Å²) in [5.41, 5.74) is 0. The lowest BCUT2D eigenvalue weighted by atomic mass is 10.1. The first-order chi connectivity index (χ1) is 8.41. The van der Waals surface area contributed by atoms with Crippen molar-refractivity contribution in [1.29, 1.82) is 0 Å². The van der Waals surface area contributed by atoms with Crippen LogP contribution in [0.3, 0.4) is 0 Å². The summed E-state index contributed by atoms with van der Waals surface area (Å²) in [4.78, 5) is 0. The molecule has 0 heterocycles. The van der Waals surface area contributed by atoms with Crippen LogP contribution in [0.25, 0.3) is 0 Å². The number of hydrogen-bond donors (Lipinski definition) is 1. The molecule has 0 aliphatic rings. The minimum absolute atomic E-state index is 0.278. The predicted octanol–water partition coefficient (Wildman–Crippen LogP) is 5.06. The van der Waals surface area contributed by atoms with E-state index < -0.39 is 0 Å². The van der Waals surface area contributed by atoms with Crippen molar-refractivity contribution in [2.24, 2.45) is 0 Å². The smallest absolute Gasteiger partial charge is 0.0465 e. The van der Waals surface area contributed by atoms with Crippen molar-refractivity contribution in [3.05, 3.63) is 12.2 Å². The zero-order chi connectivity index (χ0) is 12.6. The van der Waals surface area contributed by atoms with E-state index in [0.717, 1.165) is 12.3 Å². The molecular formula is C15H29ClO. The Kier molecular flexibility index (Phi) is 16.0. The fraction of sp³-hybridized carbons (Fsp3) is 0.867. The third-order valence-electron chi connectivity index (χ3n) is 2.97. The molecule has 0 aliphatic heterocycles. The number of halogens is 1. The van der Waals surface area contributed by atoms with Crippen LogP contribution in [0.15, 0.2) is 12.2 Å². The van der Waals surface area contributed by atoms with Gasteiger partial charge in [0, 0.05) is 12.5 Å².